The van der Waals surface area contributed by atoms with E-state index in [4.69, 9.17) is 14.6 Å². The molecule has 1 aromatic rings. The fourth-order valence-corrected chi connectivity index (χ4v) is 7.14. The third kappa shape index (κ3) is 4.15. The molecule has 11 heteroatoms. The molecular weight excluding hydrogens is 376 g/mol. The van der Waals surface area contributed by atoms with E-state index < -0.39 is 25.1 Å². The number of primary sulfonamides is 1. The molecule has 24 heavy (non-hydrogen) atoms. The standard InChI is InChI=1S/C13H22N2O6S3/c1-3-15-11-6-9(8-21-5-4-20-2)23(16,17)13-10(11)7-12(22-13)24(14,18)19/h7,9,11,15H,3-6,8H2,1-2H3,(H2,14,18,19)/t9-,11+/m1/s1. The van der Waals surface area contributed by atoms with Crippen molar-refractivity contribution in [2.24, 2.45) is 5.14 Å². The largest absolute Gasteiger partial charge is 0.382 e. The van der Waals surface area contributed by atoms with E-state index in [1.165, 1.54) is 13.2 Å². The SMILES string of the molecule is CCN[C@H]1C[C@H](COCCOC)S(=O)(=O)c2sc(S(N)(=O)=O)cc21. The average molecular weight is 399 g/mol. The fraction of sp³-hybridized carbons (Fsp3) is 0.692. The van der Waals surface area contributed by atoms with Crippen LogP contribution in [0.3, 0.4) is 0 Å². The fourth-order valence-electron chi connectivity index (χ4n) is 2.59. The van der Waals surface area contributed by atoms with Crippen molar-refractivity contribution >= 4 is 31.2 Å². The lowest BCUT2D eigenvalue weighted by Crippen LogP contribution is -2.37. The van der Waals surface area contributed by atoms with Crippen molar-refractivity contribution in [2.45, 2.75) is 33.1 Å². The molecule has 138 valence electrons. The molecule has 1 aromatic heterocycles. The molecule has 2 rings (SSSR count). The molecule has 0 bridgehead atoms. The number of ether oxygens (including phenoxy) is 2. The Morgan fingerprint density at radius 2 is 2.12 bits per heavy atom. The summed E-state index contributed by atoms with van der Waals surface area (Å²) in [6.45, 7) is 3.24. The van der Waals surface area contributed by atoms with Crippen LogP contribution in [0.1, 0.15) is 24.9 Å². The minimum Gasteiger partial charge on any atom is -0.382 e. The van der Waals surface area contributed by atoms with Crippen LogP contribution in [-0.2, 0) is 29.3 Å². The summed E-state index contributed by atoms with van der Waals surface area (Å²) in [7, 11) is -6.08. The van der Waals surface area contributed by atoms with Crippen molar-refractivity contribution in [3.05, 3.63) is 11.6 Å². The van der Waals surface area contributed by atoms with Gasteiger partial charge in [0, 0.05) is 18.7 Å². The van der Waals surface area contributed by atoms with Gasteiger partial charge in [0.2, 0.25) is 10.0 Å². The molecule has 8 nitrogen and oxygen atoms in total. The molecule has 1 aliphatic heterocycles. The maximum absolute atomic E-state index is 12.8. The number of hydrogen-bond donors (Lipinski definition) is 2. The normalized spacial score (nSPS) is 23.1. The molecule has 0 radical (unpaired) electrons. The zero-order valence-corrected chi connectivity index (χ0v) is 16.0. The Balaban J connectivity index is 2.36. The van der Waals surface area contributed by atoms with Gasteiger partial charge in [-0.05, 0) is 19.0 Å². The van der Waals surface area contributed by atoms with Gasteiger partial charge < -0.3 is 14.8 Å². The van der Waals surface area contributed by atoms with Gasteiger partial charge in [0.15, 0.2) is 9.84 Å². The average Bonchev–Trinajstić information content (AvgIpc) is 2.95. The number of thiophene rings is 1. The molecule has 0 spiro atoms. The number of sulfone groups is 1. The molecule has 0 saturated carbocycles. The molecule has 0 amide bonds. The van der Waals surface area contributed by atoms with E-state index in [1.54, 1.807) is 0 Å². The first kappa shape index (κ1) is 19.8. The summed E-state index contributed by atoms with van der Waals surface area (Å²) in [5.74, 6) is 0. The Labute approximate surface area is 146 Å². The van der Waals surface area contributed by atoms with E-state index in [2.05, 4.69) is 5.32 Å². The lowest BCUT2D eigenvalue weighted by Gasteiger charge is -2.29. The van der Waals surface area contributed by atoms with Crippen LogP contribution in [0, 0.1) is 0 Å². The Morgan fingerprint density at radius 1 is 1.42 bits per heavy atom. The number of nitrogens with two attached hydrogens (primary N) is 1. The predicted molar refractivity (Wildman–Crippen MR) is 90.4 cm³/mol. The van der Waals surface area contributed by atoms with Crippen LogP contribution in [0.5, 0.6) is 0 Å². The van der Waals surface area contributed by atoms with Gasteiger partial charge in [-0.25, -0.2) is 22.0 Å². The van der Waals surface area contributed by atoms with E-state index in [9.17, 15) is 16.8 Å². The summed E-state index contributed by atoms with van der Waals surface area (Å²) in [5.41, 5.74) is 0.471. The van der Waals surface area contributed by atoms with E-state index in [1.807, 2.05) is 6.92 Å². The van der Waals surface area contributed by atoms with Crippen LogP contribution in [0.4, 0.5) is 0 Å². The second-order valence-electron chi connectivity index (χ2n) is 5.43. The van der Waals surface area contributed by atoms with Crippen molar-refractivity contribution in [1.82, 2.24) is 5.32 Å². The maximum atomic E-state index is 12.8. The topological polar surface area (TPSA) is 125 Å². The molecule has 1 aliphatic rings. The molecule has 0 fully saturated rings. The molecule has 0 saturated heterocycles. The Bertz CT molecular complexity index is 772. The van der Waals surface area contributed by atoms with Crippen LogP contribution in [0.2, 0.25) is 0 Å². The molecule has 2 heterocycles. The predicted octanol–water partition coefficient (Wildman–Crippen LogP) is 0.255. The summed E-state index contributed by atoms with van der Waals surface area (Å²) >= 11 is 0.705. The van der Waals surface area contributed by atoms with Gasteiger partial charge in [-0.15, -0.1) is 11.3 Å². The molecule has 0 aromatic carbocycles. The van der Waals surface area contributed by atoms with Crippen molar-refractivity contribution in [2.75, 3.05) is 33.5 Å². The zero-order valence-electron chi connectivity index (χ0n) is 13.5. The Morgan fingerprint density at radius 3 is 2.71 bits per heavy atom. The van der Waals surface area contributed by atoms with Gasteiger partial charge in [0.05, 0.1) is 25.1 Å². The van der Waals surface area contributed by atoms with Crippen LogP contribution >= 0.6 is 11.3 Å². The highest BCUT2D eigenvalue weighted by molar-refractivity contribution is 7.95. The monoisotopic (exact) mass is 398 g/mol. The van der Waals surface area contributed by atoms with Gasteiger partial charge in [-0.2, -0.15) is 0 Å². The lowest BCUT2D eigenvalue weighted by molar-refractivity contribution is 0.0685. The number of fused-ring (bicyclic) bond motifs is 1. The van der Waals surface area contributed by atoms with Gasteiger partial charge in [-0.3, -0.25) is 0 Å². The molecular formula is C13H22N2O6S3. The summed E-state index contributed by atoms with van der Waals surface area (Å²) in [4.78, 5) is 0. The summed E-state index contributed by atoms with van der Waals surface area (Å²) in [6, 6.07) is 1.11. The second-order valence-corrected chi connectivity index (χ2v) is 10.7. The number of methoxy groups -OCH3 is 1. The smallest absolute Gasteiger partial charge is 0.247 e. The van der Waals surface area contributed by atoms with Crippen molar-refractivity contribution in [1.29, 1.82) is 0 Å². The van der Waals surface area contributed by atoms with Crippen LogP contribution in [-0.4, -0.2) is 55.6 Å². The zero-order chi connectivity index (χ0) is 18.0. The third-order valence-corrected chi connectivity index (χ3v) is 9.01. The van der Waals surface area contributed by atoms with Crippen LogP contribution in [0.15, 0.2) is 14.5 Å². The summed E-state index contributed by atoms with van der Waals surface area (Å²) < 4.78 is 58.9. The highest BCUT2D eigenvalue weighted by atomic mass is 32.3. The first-order valence-corrected chi connectivity index (χ1v) is 11.3. The van der Waals surface area contributed by atoms with Crippen molar-refractivity contribution < 1.29 is 26.3 Å². The second kappa shape index (κ2) is 7.77. The van der Waals surface area contributed by atoms with E-state index in [0.29, 0.717) is 43.1 Å². The molecule has 0 aliphatic carbocycles. The minimum atomic E-state index is -3.95. The highest BCUT2D eigenvalue weighted by Crippen LogP contribution is 2.42. The molecule has 2 atom stereocenters. The van der Waals surface area contributed by atoms with Gasteiger partial charge >= 0.3 is 0 Å². The van der Waals surface area contributed by atoms with Gasteiger partial charge in [-0.1, -0.05) is 6.92 Å². The molecule has 3 N–H and O–H groups in total. The van der Waals surface area contributed by atoms with Gasteiger partial charge in [0.1, 0.15) is 8.42 Å². The lowest BCUT2D eigenvalue weighted by atomic mass is 10.0. The minimum absolute atomic E-state index is 0.0373. The van der Waals surface area contributed by atoms with Gasteiger partial charge in [0.25, 0.3) is 0 Å². The number of hydrogen-bond acceptors (Lipinski definition) is 8. The number of sulfonamides is 1. The summed E-state index contributed by atoms with van der Waals surface area (Å²) in [6.07, 6.45) is 0.316. The third-order valence-electron chi connectivity index (χ3n) is 3.74. The van der Waals surface area contributed by atoms with Crippen LogP contribution < -0.4 is 10.5 Å². The van der Waals surface area contributed by atoms with E-state index in [-0.39, 0.29) is 21.1 Å². The molecule has 0 unspecified atom stereocenters. The Hall–Kier alpha value is -0.560. The number of rotatable bonds is 8. The van der Waals surface area contributed by atoms with E-state index in [0.717, 1.165) is 0 Å². The van der Waals surface area contributed by atoms with Crippen LogP contribution in [0.25, 0.3) is 0 Å². The first-order chi connectivity index (χ1) is 11.2. The Kier molecular flexibility index (Phi) is 6.40. The quantitative estimate of drug-likeness (QED) is 0.602. The highest BCUT2D eigenvalue weighted by Gasteiger charge is 2.41. The van der Waals surface area contributed by atoms with Crippen molar-refractivity contribution in [3.63, 3.8) is 0 Å². The van der Waals surface area contributed by atoms with E-state index >= 15 is 0 Å². The number of nitrogens with one attached hydrogen (secondary N) is 1. The first-order valence-electron chi connectivity index (χ1n) is 7.42. The maximum Gasteiger partial charge on any atom is 0.247 e. The van der Waals surface area contributed by atoms with Crippen molar-refractivity contribution in [3.8, 4) is 0 Å². The summed E-state index contributed by atoms with van der Waals surface area (Å²) in [5, 5.41) is 7.62.